The molecule has 0 aliphatic heterocycles. The fourth-order valence-electron chi connectivity index (χ4n) is 1.59. The van der Waals surface area contributed by atoms with E-state index in [9.17, 15) is 18.0 Å². The first-order chi connectivity index (χ1) is 8.95. The molecule has 1 nitrogen and oxygen atoms in total. The van der Waals surface area contributed by atoms with Gasteiger partial charge < -0.3 is 0 Å². The SMILES string of the molecule is CCCCCCSc1ccc(C(=O)C(F)(F)F)cc1. The molecule has 0 N–H and O–H groups in total. The molecule has 19 heavy (non-hydrogen) atoms. The number of alkyl halides is 3. The van der Waals surface area contributed by atoms with Gasteiger partial charge in [0.1, 0.15) is 0 Å². The van der Waals surface area contributed by atoms with Crippen LogP contribution in [0.1, 0.15) is 43.0 Å². The molecule has 106 valence electrons. The van der Waals surface area contributed by atoms with Gasteiger partial charge in [-0.05, 0) is 36.4 Å². The molecule has 0 bridgehead atoms. The Labute approximate surface area is 115 Å². The van der Waals surface area contributed by atoms with E-state index < -0.39 is 12.0 Å². The largest absolute Gasteiger partial charge is 0.454 e. The summed E-state index contributed by atoms with van der Waals surface area (Å²) in [6.07, 6.45) is -0.136. The first-order valence-corrected chi connectivity index (χ1v) is 7.28. The molecule has 0 spiro atoms. The van der Waals surface area contributed by atoms with Crippen molar-refractivity contribution in [3.05, 3.63) is 29.8 Å². The maximum Gasteiger partial charge on any atom is 0.454 e. The smallest absolute Gasteiger partial charge is 0.284 e. The summed E-state index contributed by atoms with van der Waals surface area (Å²) in [6.45, 7) is 2.14. The lowest BCUT2D eigenvalue weighted by Crippen LogP contribution is -2.22. The van der Waals surface area contributed by atoms with Gasteiger partial charge in [0.2, 0.25) is 0 Å². The zero-order valence-corrected chi connectivity index (χ0v) is 11.6. The van der Waals surface area contributed by atoms with Crippen LogP contribution < -0.4 is 0 Å². The molecule has 0 unspecified atom stereocenters. The number of hydrogen-bond donors (Lipinski definition) is 0. The summed E-state index contributed by atoms with van der Waals surface area (Å²) in [5.74, 6) is -0.834. The van der Waals surface area contributed by atoms with Crippen LogP contribution in [-0.2, 0) is 0 Å². The third-order valence-electron chi connectivity index (χ3n) is 2.64. The molecule has 0 radical (unpaired) electrons. The second kappa shape index (κ2) is 7.58. The van der Waals surface area contributed by atoms with Gasteiger partial charge in [-0.1, -0.05) is 26.2 Å². The van der Waals surface area contributed by atoms with Gasteiger partial charge in [-0.25, -0.2) is 0 Å². The quantitative estimate of drug-likeness (QED) is 0.394. The highest BCUT2D eigenvalue weighted by atomic mass is 32.2. The summed E-state index contributed by atoms with van der Waals surface area (Å²) in [5, 5.41) is 0. The van der Waals surface area contributed by atoms with Crippen molar-refractivity contribution < 1.29 is 18.0 Å². The average molecular weight is 290 g/mol. The van der Waals surface area contributed by atoms with Crippen LogP contribution >= 0.6 is 11.8 Å². The number of thioether (sulfide) groups is 1. The third kappa shape index (κ3) is 5.68. The van der Waals surface area contributed by atoms with Crippen LogP contribution in [0.5, 0.6) is 0 Å². The van der Waals surface area contributed by atoms with E-state index in [0.29, 0.717) is 0 Å². The van der Waals surface area contributed by atoms with Crippen LogP contribution in [0.2, 0.25) is 0 Å². The lowest BCUT2D eigenvalue weighted by atomic mass is 10.1. The summed E-state index contributed by atoms with van der Waals surface area (Å²) in [7, 11) is 0. The number of hydrogen-bond acceptors (Lipinski definition) is 2. The molecule has 0 aromatic heterocycles. The van der Waals surface area contributed by atoms with Crippen molar-refractivity contribution in [3.63, 3.8) is 0 Å². The van der Waals surface area contributed by atoms with Crippen molar-refractivity contribution >= 4 is 17.5 Å². The summed E-state index contributed by atoms with van der Waals surface area (Å²) < 4.78 is 36.6. The van der Waals surface area contributed by atoms with Crippen LogP contribution in [0.15, 0.2) is 29.2 Å². The summed E-state index contributed by atoms with van der Waals surface area (Å²) in [5.41, 5.74) is -0.303. The number of halogens is 3. The molecule has 0 atom stereocenters. The zero-order valence-electron chi connectivity index (χ0n) is 10.8. The molecule has 0 saturated carbocycles. The fourth-order valence-corrected chi connectivity index (χ4v) is 2.50. The first kappa shape index (κ1) is 16.1. The molecule has 0 aliphatic carbocycles. The van der Waals surface area contributed by atoms with Gasteiger partial charge in [0, 0.05) is 10.5 Å². The van der Waals surface area contributed by atoms with E-state index in [1.807, 2.05) is 0 Å². The lowest BCUT2D eigenvalue weighted by molar-refractivity contribution is -0.0885. The van der Waals surface area contributed by atoms with Crippen molar-refractivity contribution in [1.29, 1.82) is 0 Å². The van der Waals surface area contributed by atoms with Gasteiger partial charge >= 0.3 is 6.18 Å². The van der Waals surface area contributed by atoms with Crippen molar-refractivity contribution in [2.45, 2.75) is 43.7 Å². The van der Waals surface area contributed by atoms with Crippen LogP contribution in [0.4, 0.5) is 13.2 Å². The van der Waals surface area contributed by atoms with Crippen molar-refractivity contribution in [1.82, 2.24) is 0 Å². The minimum atomic E-state index is -4.80. The molecular weight excluding hydrogens is 273 g/mol. The number of ketones is 1. The molecule has 1 rings (SSSR count). The Balaban J connectivity index is 2.46. The van der Waals surface area contributed by atoms with Crippen LogP contribution in [0.3, 0.4) is 0 Å². The molecular formula is C14H17F3OS. The van der Waals surface area contributed by atoms with Gasteiger partial charge in [0.05, 0.1) is 0 Å². The minimum Gasteiger partial charge on any atom is -0.284 e. The van der Waals surface area contributed by atoms with Crippen LogP contribution in [0, 0.1) is 0 Å². The summed E-state index contributed by atoms with van der Waals surface area (Å²) >= 11 is 1.61. The predicted octanol–water partition coefficient (Wildman–Crippen LogP) is 5.10. The summed E-state index contributed by atoms with van der Waals surface area (Å²) in [6, 6.07) is 5.63. The van der Waals surface area contributed by atoms with E-state index in [2.05, 4.69) is 6.92 Å². The van der Waals surface area contributed by atoms with Gasteiger partial charge in [-0.3, -0.25) is 4.79 Å². The number of unbranched alkanes of at least 4 members (excludes halogenated alkanes) is 3. The number of benzene rings is 1. The molecule has 0 aliphatic rings. The average Bonchev–Trinajstić information content (AvgIpc) is 2.37. The van der Waals surface area contributed by atoms with Crippen molar-refractivity contribution in [2.75, 3.05) is 5.75 Å². The van der Waals surface area contributed by atoms with Gasteiger partial charge in [-0.15, -0.1) is 11.8 Å². The van der Waals surface area contributed by atoms with E-state index in [1.165, 1.54) is 31.4 Å². The van der Waals surface area contributed by atoms with E-state index >= 15 is 0 Å². The monoisotopic (exact) mass is 290 g/mol. The molecule has 0 amide bonds. The second-order valence-electron chi connectivity index (χ2n) is 4.26. The Morgan fingerprint density at radius 3 is 2.26 bits per heavy atom. The third-order valence-corrected chi connectivity index (χ3v) is 3.74. The lowest BCUT2D eigenvalue weighted by Gasteiger charge is -2.06. The fraction of sp³-hybridized carbons (Fsp3) is 0.500. The Kier molecular flexibility index (Phi) is 6.42. The van der Waals surface area contributed by atoms with Gasteiger partial charge in [0.15, 0.2) is 0 Å². The highest BCUT2D eigenvalue weighted by Gasteiger charge is 2.39. The predicted molar refractivity (Wildman–Crippen MR) is 71.7 cm³/mol. The normalized spacial score (nSPS) is 11.6. The van der Waals surface area contributed by atoms with Crippen molar-refractivity contribution in [3.8, 4) is 0 Å². The Morgan fingerprint density at radius 1 is 1.11 bits per heavy atom. The highest BCUT2D eigenvalue weighted by Crippen LogP contribution is 2.24. The van der Waals surface area contributed by atoms with Gasteiger partial charge in [0.25, 0.3) is 5.78 Å². The molecule has 1 aromatic carbocycles. The second-order valence-corrected chi connectivity index (χ2v) is 5.43. The van der Waals surface area contributed by atoms with E-state index in [-0.39, 0.29) is 5.56 Å². The number of carbonyl (C=O) groups is 1. The topological polar surface area (TPSA) is 17.1 Å². The first-order valence-electron chi connectivity index (χ1n) is 6.29. The van der Waals surface area contributed by atoms with Crippen molar-refractivity contribution in [2.24, 2.45) is 0 Å². The maximum atomic E-state index is 12.2. The van der Waals surface area contributed by atoms with E-state index in [0.717, 1.165) is 17.1 Å². The van der Waals surface area contributed by atoms with E-state index in [4.69, 9.17) is 0 Å². The Hall–Kier alpha value is -0.970. The number of Topliss-reactive ketones (excluding diaryl/α,β-unsaturated/α-hetero) is 1. The van der Waals surface area contributed by atoms with Gasteiger partial charge in [-0.2, -0.15) is 13.2 Å². The molecule has 0 heterocycles. The van der Waals surface area contributed by atoms with E-state index in [1.54, 1.807) is 23.9 Å². The van der Waals surface area contributed by atoms with Crippen LogP contribution in [0.25, 0.3) is 0 Å². The Morgan fingerprint density at radius 2 is 1.74 bits per heavy atom. The molecule has 1 aromatic rings. The highest BCUT2D eigenvalue weighted by molar-refractivity contribution is 7.99. The zero-order chi connectivity index (χ0) is 14.3. The maximum absolute atomic E-state index is 12.2. The molecule has 0 saturated heterocycles. The standard InChI is InChI=1S/C14H17F3OS/c1-2-3-4-5-10-19-12-8-6-11(7-9-12)13(18)14(15,16)17/h6-9H,2-5,10H2,1H3. The number of rotatable bonds is 7. The molecule has 5 heteroatoms. The number of carbonyl (C=O) groups excluding carboxylic acids is 1. The summed E-state index contributed by atoms with van der Waals surface area (Å²) in [4.78, 5) is 11.9. The minimum absolute atomic E-state index is 0.303. The molecule has 0 fully saturated rings. The van der Waals surface area contributed by atoms with Crippen LogP contribution in [-0.4, -0.2) is 17.7 Å². The Bertz CT molecular complexity index is 398.